The largest absolute Gasteiger partial charge is 0.396 e. The second kappa shape index (κ2) is 3.89. The van der Waals surface area contributed by atoms with Crippen LogP contribution in [0.25, 0.3) is 0 Å². The van der Waals surface area contributed by atoms with E-state index in [0.29, 0.717) is 5.56 Å². The average Bonchev–Trinajstić information content (AvgIpc) is 2.70. The first-order chi connectivity index (χ1) is 7.53. The van der Waals surface area contributed by atoms with Gasteiger partial charge >= 0.3 is 0 Å². The molecular formula is C13H16FNO. The van der Waals surface area contributed by atoms with Crippen molar-refractivity contribution in [1.82, 2.24) is 0 Å². The number of anilines is 1. The van der Waals surface area contributed by atoms with Gasteiger partial charge in [-0.1, -0.05) is 19.8 Å². The predicted molar refractivity (Wildman–Crippen MR) is 61.7 cm³/mol. The van der Waals surface area contributed by atoms with E-state index < -0.39 is 5.82 Å². The van der Waals surface area contributed by atoms with Gasteiger partial charge in [0.1, 0.15) is 5.82 Å². The SMILES string of the molecule is CC1(C(=O)c2ccc(N)c(F)c2)CCCC1. The monoisotopic (exact) mass is 221 g/mol. The number of benzene rings is 1. The maximum atomic E-state index is 13.3. The van der Waals surface area contributed by atoms with E-state index in [-0.39, 0.29) is 16.9 Å². The van der Waals surface area contributed by atoms with E-state index in [1.54, 1.807) is 6.07 Å². The Morgan fingerprint density at radius 1 is 1.38 bits per heavy atom. The fourth-order valence-corrected chi connectivity index (χ4v) is 2.40. The molecule has 0 amide bonds. The highest BCUT2D eigenvalue weighted by Gasteiger charge is 2.36. The number of nitrogens with two attached hydrogens (primary N) is 1. The molecule has 1 aromatic carbocycles. The number of carbonyl (C=O) groups is 1. The van der Waals surface area contributed by atoms with Gasteiger partial charge in [-0.2, -0.15) is 0 Å². The van der Waals surface area contributed by atoms with Crippen molar-refractivity contribution < 1.29 is 9.18 Å². The number of nitrogen functional groups attached to an aromatic ring is 1. The highest BCUT2D eigenvalue weighted by atomic mass is 19.1. The minimum Gasteiger partial charge on any atom is -0.396 e. The van der Waals surface area contributed by atoms with Crippen LogP contribution in [0.3, 0.4) is 0 Å². The quantitative estimate of drug-likeness (QED) is 0.615. The molecule has 3 heteroatoms. The summed E-state index contributed by atoms with van der Waals surface area (Å²) >= 11 is 0. The van der Waals surface area contributed by atoms with Gasteiger partial charge in [0.2, 0.25) is 0 Å². The van der Waals surface area contributed by atoms with Crippen molar-refractivity contribution in [3.63, 3.8) is 0 Å². The van der Waals surface area contributed by atoms with Crippen LogP contribution in [0.5, 0.6) is 0 Å². The van der Waals surface area contributed by atoms with Crippen molar-refractivity contribution in [2.24, 2.45) is 5.41 Å². The Hall–Kier alpha value is -1.38. The molecule has 0 bridgehead atoms. The molecule has 0 aliphatic heterocycles. The van der Waals surface area contributed by atoms with Gasteiger partial charge in [0.15, 0.2) is 5.78 Å². The van der Waals surface area contributed by atoms with Gasteiger partial charge in [-0.05, 0) is 31.0 Å². The molecule has 16 heavy (non-hydrogen) atoms. The second-order valence-electron chi connectivity index (χ2n) is 4.83. The van der Waals surface area contributed by atoms with Crippen molar-refractivity contribution >= 4 is 11.5 Å². The Balaban J connectivity index is 2.30. The number of hydrogen-bond donors (Lipinski definition) is 1. The van der Waals surface area contributed by atoms with Crippen LogP contribution in [0.15, 0.2) is 18.2 Å². The highest BCUT2D eigenvalue weighted by molar-refractivity contribution is 6.00. The van der Waals surface area contributed by atoms with Crippen molar-refractivity contribution in [1.29, 1.82) is 0 Å². The summed E-state index contributed by atoms with van der Waals surface area (Å²) in [6.45, 7) is 1.97. The summed E-state index contributed by atoms with van der Waals surface area (Å²) in [5.41, 5.74) is 5.62. The van der Waals surface area contributed by atoms with Gasteiger partial charge in [0.05, 0.1) is 5.69 Å². The molecule has 0 unspecified atom stereocenters. The van der Waals surface area contributed by atoms with E-state index in [0.717, 1.165) is 25.7 Å². The van der Waals surface area contributed by atoms with Crippen molar-refractivity contribution in [2.45, 2.75) is 32.6 Å². The van der Waals surface area contributed by atoms with E-state index in [4.69, 9.17) is 5.73 Å². The molecular weight excluding hydrogens is 205 g/mol. The molecule has 0 atom stereocenters. The minimum absolute atomic E-state index is 0.0453. The molecule has 1 aliphatic carbocycles. The first kappa shape index (κ1) is 11.1. The molecule has 0 aromatic heterocycles. The molecule has 1 saturated carbocycles. The second-order valence-corrected chi connectivity index (χ2v) is 4.83. The van der Waals surface area contributed by atoms with E-state index in [2.05, 4.69) is 0 Å². The maximum Gasteiger partial charge on any atom is 0.168 e. The lowest BCUT2D eigenvalue weighted by Gasteiger charge is -2.21. The molecule has 2 N–H and O–H groups in total. The number of ketones is 1. The van der Waals surface area contributed by atoms with Crippen LogP contribution in [0.2, 0.25) is 0 Å². The van der Waals surface area contributed by atoms with Gasteiger partial charge in [-0.15, -0.1) is 0 Å². The number of Topliss-reactive ketones (excluding diaryl/α,β-unsaturated/α-hetero) is 1. The Morgan fingerprint density at radius 2 is 2.00 bits per heavy atom. The molecule has 1 fully saturated rings. The molecule has 0 saturated heterocycles. The zero-order chi connectivity index (χ0) is 11.8. The molecule has 1 aliphatic rings. The average molecular weight is 221 g/mol. The van der Waals surface area contributed by atoms with Gasteiger partial charge in [-0.25, -0.2) is 4.39 Å². The van der Waals surface area contributed by atoms with Crippen molar-refractivity contribution in [3.8, 4) is 0 Å². The van der Waals surface area contributed by atoms with E-state index in [1.165, 1.54) is 12.1 Å². The van der Waals surface area contributed by atoms with E-state index in [1.807, 2.05) is 6.92 Å². The van der Waals surface area contributed by atoms with Gasteiger partial charge in [0.25, 0.3) is 0 Å². The first-order valence-corrected chi connectivity index (χ1v) is 5.63. The molecule has 0 heterocycles. The van der Waals surface area contributed by atoms with Crippen LogP contribution in [0.1, 0.15) is 43.0 Å². The number of rotatable bonds is 2. The summed E-state index contributed by atoms with van der Waals surface area (Å²) < 4.78 is 13.3. The predicted octanol–water partition coefficient (Wildman–Crippen LogP) is 3.17. The zero-order valence-electron chi connectivity index (χ0n) is 9.42. The fourth-order valence-electron chi connectivity index (χ4n) is 2.40. The normalized spacial score (nSPS) is 18.6. The lowest BCUT2D eigenvalue weighted by Crippen LogP contribution is -2.24. The van der Waals surface area contributed by atoms with Crippen LogP contribution < -0.4 is 5.73 Å². The fraction of sp³-hybridized carbons (Fsp3) is 0.462. The summed E-state index contributed by atoms with van der Waals surface area (Å²) in [5.74, 6) is -0.462. The molecule has 2 rings (SSSR count). The van der Waals surface area contributed by atoms with Crippen LogP contribution in [-0.2, 0) is 0 Å². The van der Waals surface area contributed by atoms with Crippen molar-refractivity contribution in [3.05, 3.63) is 29.6 Å². The Bertz CT molecular complexity index is 422. The van der Waals surface area contributed by atoms with Crippen LogP contribution in [-0.4, -0.2) is 5.78 Å². The van der Waals surface area contributed by atoms with Gasteiger partial charge in [-0.3, -0.25) is 4.79 Å². The molecule has 86 valence electrons. The number of carbonyl (C=O) groups excluding carboxylic acids is 1. The lowest BCUT2D eigenvalue weighted by molar-refractivity contribution is 0.0823. The summed E-state index contributed by atoms with van der Waals surface area (Å²) in [4.78, 5) is 12.2. The third-order valence-electron chi connectivity index (χ3n) is 3.52. The molecule has 0 spiro atoms. The lowest BCUT2D eigenvalue weighted by atomic mass is 9.81. The Morgan fingerprint density at radius 3 is 2.56 bits per heavy atom. The van der Waals surface area contributed by atoms with Crippen LogP contribution >= 0.6 is 0 Å². The molecule has 2 nitrogen and oxygen atoms in total. The minimum atomic E-state index is -0.507. The maximum absolute atomic E-state index is 13.3. The number of halogens is 1. The smallest absolute Gasteiger partial charge is 0.168 e. The van der Waals surface area contributed by atoms with Gasteiger partial charge < -0.3 is 5.73 Å². The summed E-state index contributed by atoms with van der Waals surface area (Å²) in [6.07, 6.45) is 3.97. The topological polar surface area (TPSA) is 43.1 Å². The molecule has 1 aromatic rings. The zero-order valence-corrected chi connectivity index (χ0v) is 9.42. The summed E-state index contributed by atoms with van der Waals surface area (Å²) in [6, 6.07) is 4.33. The van der Waals surface area contributed by atoms with Crippen molar-refractivity contribution in [2.75, 3.05) is 5.73 Å². The molecule has 0 radical (unpaired) electrons. The van der Waals surface area contributed by atoms with Crippen LogP contribution in [0, 0.1) is 11.2 Å². The Labute approximate surface area is 94.6 Å². The highest BCUT2D eigenvalue weighted by Crippen LogP contribution is 2.40. The standard InChI is InChI=1S/C13H16FNO/c1-13(6-2-3-7-13)12(16)9-4-5-11(15)10(14)8-9/h4-5,8H,2-3,6-7,15H2,1H3. The summed E-state index contributed by atoms with van der Waals surface area (Å²) in [5, 5.41) is 0. The Kier molecular flexibility index (Phi) is 2.70. The number of hydrogen-bond acceptors (Lipinski definition) is 2. The van der Waals surface area contributed by atoms with E-state index >= 15 is 0 Å². The first-order valence-electron chi connectivity index (χ1n) is 5.63. The third kappa shape index (κ3) is 1.82. The van der Waals surface area contributed by atoms with Crippen LogP contribution in [0.4, 0.5) is 10.1 Å². The van der Waals surface area contributed by atoms with Gasteiger partial charge in [0, 0.05) is 11.0 Å². The van der Waals surface area contributed by atoms with E-state index in [9.17, 15) is 9.18 Å². The summed E-state index contributed by atoms with van der Waals surface area (Å²) in [7, 11) is 0. The third-order valence-corrected chi connectivity index (χ3v) is 3.52.